The van der Waals surface area contributed by atoms with Gasteiger partial charge in [-0.1, -0.05) is 18.2 Å². The van der Waals surface area contributed by atoms with Crippen LogP contribution in [0.2, 0.25) is 0 Å². The van der Waals surface area contributed by atoms with Gasteiger partial charge in [0, 0.05) is 16.0 Å². The van der Waals surface area contributed by atoms with Crippen molar-refractivity contribution in [3.8, 4) is 22.3 Å². The topological polar surface area (TPSA) is 28.7 Å². The number of hydrogen-bond donors (Lipinski definition) is 1. The number of nitrogens with one attached hydrogen (secondary N) is 1. The number of rotatable bonds is 2. The van der Waals surface area contributed by atoms with Crippen molar-refractivity contribution in [3.05, 3.63) is 64.6 Å². The summed E-state index contributed by atoms with van der Waals surface area (Å²) in [4.78, 5) is 8.17. The zero-order chi connectivity index (χ0) is 16.0. The minimum absolute atomic E-state index is 0.245. The molecule has 4 rings (SSSR count). The van der Waals surface area contributed by atoms with E-state index in [-0.39, 0.29) is 5.56 Å². The molecule has 0 bridgehead atoms. The Labute approximate surface area is 135 Å². The van der Waals surface area contributed by atoms with Crippen LogP contribution in [0.15, 0.2) is 48.1 Å². The molecule has 5 heteroatoms. The fraction of sp³-hybridized carbons (Fsp3) is 0.0556. The fourth-order valence-electron chi connectivity index (χ4n) is 2.68. The Balaban J connectivity index is 1.85. The predicted octanol–water partition coefficient (Wildman–Crippen LogP) is 5.55. The first kappa shape index (κ1) is 14.1. The molecule has 1 N–H and O–H groups in total. The minimum Gasteiger partial charge on any atom is -0.345 e. The van der Waals surface area contributed by atoms with Crippen LogP contribution < -0.4 is 0 Å². The second-order valence-corrected chi connectivity index (χ2v) is 6.48. The maximum Gasteiger partial charge on any atom is 0.167 e. The van der Waals surface area contributed by atoms with E-state index in [2.05, 4.69) is 9.97 Å². The number of nitrogens with zero attached hydrogens (tertiary/aromatic N) is 1. The van der Waals surface area contributed by atoms with Crippen LogP contribution in [0.5, 0.6) is 0 Å². The van der Waals surface area contributed by atoms with Gasteiger partial charge in [-0.3, -0.25) is 0 Å². The molecular formula is C18H12F2N2S. The standard InChI is InChI=1S/C18H12F2N2S/c1-10-6-12(8-23-10)14-4-3-13(17(19)18(14)20)11-2-5-15-16(7-11)22-9-21-15/h2-9H,1H3,(H,21,22). The lowest BCUT2D eigenvalue weighted by molar-refractivity contribution is 0.514. The van der Waals surface area contributed by atoms with E-state index in [9.17, 15) is 8.78 Å². The summed E-state index contributed by atoms with van der Waals surface area (Å²) in [5.41, 5.74) is 3.44. The number of benzene rings is 2. The van der Waals surface area contributed by atoms with Crippen molar-refractivity contribution in [2.75, 3.05) is 0 Å². The first-order chi connectivity index (χ1) is 11.1. The molecule has 2 aromatic carbocycles. The van der Waals surface area contributed by atoms with Crippen molar-refractivity contribution >= 4 is 22.4 Å². The number of aromatic amines is 1. The van der Waals surface area contributed by atoms with Crippen LogP contribution in [0.3, 0.4) is 0 Å². The lowest BCUT2D eigenvalue weighted by atomic mass is 9.99. The quantitative estimate of drug-likeness (QED) is 0.514. The summed E-state index contributed by atoms with van der Waals surface area (Å²) in [6.07, 6.45) is 1.58. The van der Waals surface area contributed by atoms with Gasteiger partial charge in [-0.25, -0.2) is 13.8 Å². The molecule has 0 fully saturated rings. The summed E-state index contributed by atoms with van der Waals surface area (Å²) in [7, 11) is 0. The van der Waals surface area contributed by atoms with Gasteiger partial charge in [0.1, 0.15) is 0 Å². The first-order valence-electron chi connectivity index (χ1n) is 7.10. The van der Waals surface area contributed by atoms with Gasteiger partial charge in [0.15, 0.2) is 11.6 Å². The maximum atomic E-state index is 14.6. The predicted molar refractivity (Wildman–Crippen MR) is 89.5 cm³/mol. The van der Waals surface area contributed by atoms with Gasteiger partial charge in [-0.15, -0.1) is 11.3 Å². The van der Waals surface area contributed by atoms with Gasteiger partial charge >= 0.3 is 0 Å². The van der Waals surface area contributed by atoms with Crippen LogP contribution in [0.1, 0.15) is 4.88 Å². The molecule has 0 saturated heterocycles. The number of fused-ring (bicyclic) bond motifs is 1. The molecule has 0 radical (unpaired) electrons. The summed E-state index contributed by atoms with van der Waals surface area (Å²) >= 11 is 1.52. The molecule has 0 aliphatic heterocycles. The summed E-state index contributed by atoms with van der Waals surface area (Å²) in [5, 5.41) is 1.84. The van der Waals surface area contributed by atoms with Gasteiger partial charge in [-0.05, 0) is 41.6 Å². The number of H-pyrrole nitrogens is 1. The second-order valence-electron chi connectivity index (χ2n) is 5.37. The minimum atomic E-state index is -0.829. The highest BCUT2D eigenvalue weighted by Gasteiger charge is 2.17. The SMILES string of the molecule is Cc1cc(-c2ccc(-c3ccc4nc[nH]c4c3)c(F)c2F)cs1. The van der Waals surface area contributed by atoms with Gasteiger partial charge in [-0.2, -0.15) is 0 Å². The molecule has 0 aliphatic carbocycles. The van der Waals surface area contributed by atoms with Crippen molar-refractivity contribution in [3.63, 3.8) is 0 Å². The van der Waals surface area contributed by atoms with Crippen LogP contribution in [0.4, 0.5) is 8.78 Å². The highest BCUT2D eigenvalue weighted by molar-refractivity contribution is 7.10. The van der Waals surface area contributed by atoms with Crippen LogP contribution in [0, 0.1) is 18.6 Å². The van der Waals surface area contributed by atoms with Crippen molar-refractivity contribution in [1.82, 2.24) is 9.97 Å². The fourth-order valence-corrected chi connectivity index (χ4v) is 3.39. The summed E-state index contributed by atoms with van der Waals surface area (Å²) in [6, 6.07) is 10.4. The average molecular weight is 326 g/mol. The van der Waals surface area contributed by atoms with E-state index in [4.69, 9.17) is 0 Å². The lowest BCUT2D eigenvalue weighted by Gasteiger charge is -2.08. The number of imidazole rings is 1. The normalized spacial score (nSPS) is 11.3. The Hall–Kier alpha value is -2.53. The molecule has 23 heavy (non-hydrogen) atoms. The van der Waals surface area contributed by atoms with Crippen molar-refractivity contribution in [1.29, 1.82) is 0 Å². The molecule has 0 unspecified atom stereocenters. The number of halogens is 2. The van der Waals surface area contributed by atoms with Gasteiger partial charge in [0.05, 0.1) is 17.4 Å². The van der Waals surface area contributed by atoms with Crippen LogP contribution in [0.25, 0.3) is 33.3 Å². The zero-order valence-corrected chi connectivity index (χ0v) is 13.0. The van der Waals surface area contributed by atoms with Crippen molar-refractivity contribution in [2.45, 2.75) is 6.92 Å². The van der Waals surface area contributed by atoms with Gasteiger partial charge in [0.2, 0.25) is 0 Å². The third-order valence-electron chi connectivity index (χ3n) is 3.86. The zero-order valence-electron chi connectivity index (χ0n) is 12.2. The Morgan fingerprint density at radius 2 is 1.70 bits per heavy atom. The molecule has 4 aromatic rings. The summed E-state index contributed by atoms with van der Waals surface area (Å²) < 4.78 is 29.1. The third-order valence-corrected chi connectivity index (χ3v) is 4.72. The van der Waals surface area contributed by atoms with E-state index in [1.54, 1.807) is 36.7 Å². The number of thiophene rings is 1. The van der Waals surface area contributed by atoms with E-state index in [1.165, 1.54) is 11.3 Å². The molecule has 0 atom stereocenters. The molecule has 0 spiro atoms. The number of aryl methyl sites for hydroxylation is 1. The second kappa shape index (κ2) is 5.28. The lowest BCUT2D eigenvalue weighted by Crippen LogP contribution is -1.93. The van der Waals surface area contributed by atoms with E-state index in [0.29, 0.717) is 16.7 Å². The van der Waals surface area contributed by atoms with Gasteiger partial charge < -0.3 is 4.98 Å². The molecule has 0 saturated carbocycles. The van der Waals surface area contributed by atoms with Crippen molar-refractivity contribution in [2.24, 2.45) is 0 Å². The summed E-state index contributed by atoms with van der Waals surface area (Å²) in [5.74, 6) is -1.64. The van der Waals surface area contributed by atoms with Crippen LogP contribution in [-0.4, -0.2) is 9.97 Å². The molecule has 114 valence electrons. The van der Waals surface area contributed by atoms with Gasteiger partial charge in [0.25, 0.3) is 0 Å². The highest BCUT2D eigenvalue weighted by Crippen LogP contribution is 2.33. The molecule has 0 aliphatic rings. The Morgan fingerprint density at radius 1 is 0.957 bits per heavy atom. The highest BCUT2D eigenvalue weighted by atomic mass is 32.1. The Kier molecular flexibility index (Phi) is 3.23. The molecule has 2 nitrogen and oxygen atoms in total. The first-order valence-corrected chi connectivity index (χ1v) is 7.98. The Morgan fingerprint density at radius 3 is 2.39 bits per heavy atom. The molecule has 2 aromatic heterocycles. The molecular weight excluding hydrogens is 314 g/mol. The maximum absolute atomic E-state index is 14.6. The monoisotopic (exact) mass is 326 g/mol. The Bertz CT molecular complexity index is 1020. The molecule has 0 amide bonds. The largest absolute Gasteiger partial charge is 0.345 e. The smallest absolute Gasteiger partial charge is 0.167 e. The number of aromatic nitrogens is 2. The third kappa shape index (κ3) is 2.33. The average Bonchev–Trinajstić information content (AvgIpc) is 3.18. The summed E-state index contributed by atoms with van der Waals surface area (Å²) in [6.45, 7) is 1.94. The van der Waals surface area contributed by atoms with Crippen LogP contribution in [-0.2, 0) is 0 Å². The van der Waals surface area contributed by atoms with E-state index >= 15 is 0 Å². The van der Waals surface area contributed by atoms with E-state index < -0.39 is 11.6 Å². The molecule has 2 heterocycles. The van der Waals surface area contributed by atoms with Crippen molar-refractivity contribution < 1.29 is 8.78 Å². The number of hydrogen-bond acceptors (Lipinski definition) is 2. The van der Waals surface area contributed by atoms with E-state index in [1.807, 2.05) is 18.4 Å². The van der Waals surface area contributed by atoms with Crippen LogP contribution >= 0.6 is 11.3 Å². The van der Waals surface area contributed by atoms with E-state index in [0.717, 1.165) is 15.9 Å².